The van der Waals surface area contributed by atoms with Gasteiger partial charge in [-0.1, -0.05) is 20.8 Å². The largest absolute Gasteiger partial charge is 0.387 e. The summed E-state index contributed by atoms with van der Waals surface area (Å²) in [5.74, 6) is 1.41. The number of hydrogen-bond donors (Lipinski definition) is 2. The molecule has 0 spiro atoms. The number of carbonyl (C=O) groups is 1. The van der Waals surface area contributed by atoms with Crippen LogP contribution in [0.15, 0.2) is 0 Å². The Morgan fingerprint density at radius 1 is 1.63 bits per heavy atom. The van der Waals surface area contributed by atoms with Gasteiger partial charge < -0.3 is 10.0 Å². The third-order valence-electron chi connectivity index (χ3n) is 4.10. The van der Waals surface area contributed by atoms with E-state index in [0.29, 0.717) is 24.7 Å². The molecule has 1 amide bonds. The number of aromatic amines is 1. The van der Waals surface area contributed by atoms with Crippen molar-refractivity contribution in [2.24, 2.45) is 11.8 Å². The zero-order valence-corrected chi connectivity index (χ0v) is 12.0. The maximum atomic E-state index is 12.2. The van der Waals surface area contributed by atoms with E-state index in [1.54, 1.807) is 11.8 Å². The highest BCUT2D eigenvalue weighted by Crippen LogP contribution is 2.33. The van der Waals surface area contributed by atoms with Crippen molar-refractivity contribution in [1.29, 1.82) is 0 Å². The van der Waals surface area contributed by atoms with Crippen LogP contribution in [-0.2, 0) is 11.2 Å². The molecule has 19 heavy (non-hydrogen) atoms. The minimum absolute atomic E-state index is 0.0255. The fraction of sp³-hybridized carbons (Fsp3) is 0.769. The highest BCUT2D eigenvalue weighted by molar-refractivity contribution is 5.78. The maximum absolute atomic E-state index is 12.2. The van der Waals surface area contributed by atoms with Gasteiger partial charge in [0.05, 0.1) is 12.0 Å². The Kier molecular flexibility index (Phi) is 3.62. The summed E-state index contributed by atoms with van der Waals surface area (Å²) < 4.78 is 0. The lowest BCUT2D eigenvalue weighted by molar-refractivity contribution is -0.130. The topological polar surface area (TPSA) is 82.1 Å². The Morgan fingerprint density at radius 3 is 2.79 bits per heavy atom. The summed E-state index contributed by atoms with van der Waals surface area (Å²) in [6.45, 7) is 8.76. The van der Waals surface area contributed by atoms with Gasteiger partial charge in [0.15, 0.2) is 5.82 Å². The third kappa shape index (κ3) is 2.63. The van der Waals surface area contributed by atoms with Crippen LogP contribution in [-0.4, -0.2) is 49.8 Å². The SMILES string of the molecule is Cc1nc(CC(=O)N2CC(C)C(O)(C(C)C)C2)n[nH]1. The third-order valence-corrected chi connectivity index (χ3v) is 4.10. The molecule has 1 saturated heterocycles. The van der Waals surface area contributed by atoms with E-state index in [1.165, 1.54) is 0 Å². The zero-order valence-electron chi connectivity index (χ0n) is 12.0. The minimum atomic E-state index is -0.787. The van der Waals surface area contributed by atoms with Gasteiger partial charge >= 0.3 is 0 Å². The summed E-state index contributed by atoms with van der Waals surface area (Å²) in [6.07, 6.45) is 0.186. The van der Waals surface area contributed by atoms with Crippen molar-refractivity contribution in [3.8, 4) is 0 Å². The average Bonchev–Trinajstić information content (AvgIpc) is 2.85. The van der Waals surface area contributed by atoms with Crippen molar-refractivity contribution in [2.45, 2.75) is 39.7 Å². The summed E-state index contributed by atoms with van der Waals surface area (Å²) >= 11 is 0. The molecule has 0 radical (unpaired) electrons. The molecule has 1 aliphatic rings. The molecule has 0 bridgehead atoms. The van der Waals surface area contributed by atoms with Crippen molar-refractivity contribution in [3.05, 3.63) is 11.6 Å². The van der Waals surface area contributed by atoms with Crippen LogP contribution in [0.1, 0.15) is 32.4 Å². The molecule has 2 rings (SSSR count). The molecule has 0 aliphatic carbocycles. The summed E-state index contributed by atoms with van der Waals surface area (Å²) in [7, 11) is 0. The van der Waals surface area contributed by atoms with Crippen molar-refractivity contribution in [1.82, 2.24) is 20.1 Å². The van der Waals surface area contributed by atoms with Gasteiger partial charge in [-0.05, 0) is 12.8 Å². The van der Waals surface area contributed by atoms with E-state index in [1.807, 2.05) is 20.8 Å². The quantitative estimate of drug-likeness (QED) is 0.835. The number of H-pyrrole nitrogens is 1. The number of nitrogens with zero attached hydrogens (tertiary/aromatic N) is 3. The molecule has 6 nitrogen and oxygen atoms in total. The van der Waals surface area contributed by atoms with Crippen LogP contribution in [0.25, 0.3) is 0 Å². The molecule has 2 N–H and O–H groups in total. The molecule has 6 heteroatoms. The van der Waals surface area contributed by atoms with E-state index in [9.17, 15) is 9.90 Å². The first-order valence-electron chi connectivity index (χ1n) is 6.71. The first-order chi connectivity index (χ1) is 8.83. The van der Waals surface area contributed by atoms with Gasteiger partial charge in [0.2, 0.25) is 5.91 Å². The van der Waals surface area contributed by atoms with E-state index in [-0.39, 0.29) is 24.2 Å². The van der Waals surface area contributed by atoms with E-state index in [4.69, 9.17) is 0 Å². The van der Waals surface area contributed by atoms with E-state index < -0.39 is 5.60 Å². The molecule has 106 valence electrons. The van der Waals surface area contributed by atoms with Crippen LogP contribution in [0.2, 0.25) is 0 Å². The number of β-amino-alcohol motifs (C(OH)–C–C–N with tert-alkyl or cyclic N) is 1. The van der Waals surface area contributed by atoms with E-state index >= 15 is 0 Å². The monoisotopic (exact) mass is 266 g/mol. The summed E-state index contributed by atoms with van der Waals surface area (Å²) in [5, 5.41) is 17.3. The number of carbonyl (C=O) groups excluding carboxylic acids is 1. The Bertz CT molecular complexity index is 471. The van der Waals surface area contributed by atoms with Crippen LogP contribution in [0, 0.1) is 18.8 Å². The Labute approximate surface area is 113 Å². The first kappa shape index (κ1) is 14.0. The number of aryl methyl sites for hydroxylation is 1. The molecule has 0 saturated carbocycles. The number of aliphatic hydroxyl groups is 1. The molecule has 2 unspecified atom stereocenters. The Balaban J connectivity index is 2.02. The highest BCUT2D eigenvalue weighted by Gasteiger charge is 2.46. The Hall–Kier alpha value is -1.43. The second-order valence-electron chi connectivity index (χ2n) is 5.84. The second kappa shape index (κ2) is 4.92. The molecule has 0 aromatic carbocycles. The normalized spacial score (nSPS) is 27.3. The molecule has 2 atom stereocenters. The smallest absolute Gasteiger partial charge is 0.230 e. The van der Waals surface area contributed by atoms with Gasteiger partial charge in [0, 0.05) is 19.0 Å². The molecule has 1 aliphatic heterocycles. The first-order valence-corrected chi connectivity index (χ1v) is 6.71. The van der Waals surface area contributed by atoms with Crippen LogP contribution in [0.3, 0.4) is 0 Å². The maximum Gasteiger partial charge on any atom is 0.230 e. The molecule has 1 aromatic heterocycles. The molecular formula is C13H22N4O2. The molecular weight excluding hydrogens is 244 g/mol. The van der Waals surface area contributed by atoms with Crippen molar-refractivity contribution in [3.63, 3.8) is 0 Å². The van der Waals surface area contributed by atoms with Crippen LogP contribution in [0.5, 0.6) is 0 Å². The van der Waals surface area contributed by atoms with Crippen LogP contribution < -0.4 is 0 Å². The summed E-state index contributed by atoms with van der Waals surface area (Å²) in [6, 6.07) is 0. The van der Waals surface area contributed by atoms with Crippen LogP contribution >= 0.6 is 0 Å². The fourth-order valence-electron chi connectivity index (χ4n) is 2.67. The number of aromatic nitrogens is 3. The lowest BCUT2D eigenvalue weighted by Gasteiger charge is -2.30. The van der Waals surface area contributed by atoms with Crippen molar-refractivity contribution in [2.75, 3.05) is 13.1 Å². The predicted octanol–water partition coefficient (Wildman–Crippen LogP) is 0.521. The molecule has 1 fully saturated rings. The zero-order chi connectivity index (χ0) is 14.2. The lowest BCUT2D eigenvalue weighted by atomic mass is 9.82. The lowest BCUT2D eigenvalue weighted by Crippen LogP contribution is -2.43. The number of rotatable bonds is 3. The minimum Gasteiger partial charge on any atom is -0.387 e. The van der Waals surface area contributed by atoms with Crippen molar-refractivity contribution >= 4 is 5.91 Å². The second-order valence-corrected chi connectivity index (χ2v) is 5.84. The average molecular weight is 266 g/mol. The number of amides is 1. The van der Waals surface area contributed by atoms with Gasteiger partial charge in [0.25, 0.3) is 0 Å². The molecule has 2 heterocycles. The van der Waals surface area contributed by atoms with Crippen molar-refractivity contribution < 1.29 is 9.90 Å². The van der Waals surface area contributed by atoms with E-state index in [2.05, 4.69) is 15.2 Å². The van der Waals surface area contributed by atoms with Gasteiger partial charge in [-0.25, -0.2) is 4.98 Å². The number of likely N-dealkylation sites (tertiary alicyclic amines) is 1. The van der Waals surface area contributed by atoms with Gasteiger partial charge in [-0.2, -0.15) is 5.10 Å². The Morgan fingerprint density at radius 2 is 2.32 bits per heavy atom. The summed E-state index contributed by atoms with van der Waals surface area (Å²) in [5.41, 5.74) is -0.787. The number of hydrogen-bond acceptors (Lipinski definition) is 4. The van der Waals surface area contributed by atoms with Gasteiger partial charge in [0.1, 0.15) is 5.82 Å². The fourth-order valence-corrected chi connectivity index (χ4v) is 2.67. The summed E-state index contributed by atoms with van der Waals surface area (Å²) in [4.78, 5) is 18.1. The van der Waals surface area contributed by atoms with Gasteiger partial charge in [-0.3, -0.25) is 9.89 Å². The standard InChI is InChI=1S/C13H22N4O2/c1-8(2)13(19)7-17(6-9(13)3)12(18)5-11-14-10(4)15-16-11/h8-9,19H,5-7H2,1-4H3,(H,14,15,16). The highest BCUT2D eigenvalue weighted by atomic mass is 16.3. The predicted molar refractivity (Wildman–Crippen MR) is 70.4 cm³/mol. The molecule has 1 aromatic rings. The van der Waals surface area contributed by atoms with Crippen LogP contribution in [0.4, 0.5) is 0 Å². The van der Waals surface area contributed by atoms with Gasteiger partial charge in [-0.15, -0.1) is 0 Å². The van der Waals surface area contributed by atoms with E-state index in [0.717, 1.165) is 0 Å². The number of nitrogens with one attached hydrogen (secondary N) is 1.